The van der Waals surface area contributed by atoms with E-state index >= 15 is 0 Å². The number of unbranched alkanes of at least 4 members (excludes halogenated alkanes) is 3. The lowest BCUT2D eigenvalue weighted by molar-refractivity contribution is -0.136. The second-order valence-corrected chi connectivity index (χ2v) is 13.5. The number of hydrogen-bond acceptors (Lipinski definition) is 11. The monoisotopic (exact) mass is 815 g/mol. The molecule has 1 aromatic rings. The zero-order chi connectivity index (χ0) is 40.9. The van der Waals surface area contributed by atoms with Crippen LogP contribution in [0.25, 0.3) is 0 Å². The number of amides is 1. The van der Waals surface area contributed by atoms with Crippen LogP contribution >= 0.6 is 0 Å². The number of carbonyl (C=O) groups excluding carboxylic acids is 2. The second-order valence-electron chi connectivity index (χ2n) is 13.5. The van der Waals surface area contributed by atoms with Gasteiger partial charge in [-0.25, -0.2) is 13.2 Å². The molecule has 1 aromatic carbocycles. The molecule has 0 spiro atoms. The lowest BCUT2D eigenvalue weighted by atomic mass is 9.76. The van der Waals surface area contributed by atoms with Gasteiger partial charge in [-0.3, -0.25) is 9.59 Å². The van der Waals surface area contributed by atoms with Gasteiger partial charge in [0.25, 0.3) is 0 Å². The molecule has 0 bridgehead atoms. The Morgan fingerprint density at radius 3 is 1.52 bits per heavy atom. The van der Waals surface area contributed by atoms with Crippen LogP contribution in [0.2, 0.25) is 0 Å². The molecule has 17 heteroatoms. The Balaban J connectivity index is 1.77. The van der Waals surface area contributed by atoms with Crippen molar-refractivity contribution in [2.24, 2.45) is 5.92 Å². The molecular formula is C39H62F5NO11. The van der Waals surface area contributed by atoms with E-state index in [0.29, 0.717) is 71.8 Å². The predicted octanol–water partition coefficient (Wildman–Crippen LogP) is 6.24. The number of carbonyl (C=O) groups is 2. The number of nitrogens with one attached hydrogen (secondary N) is 1. The first-order valence-electron chi connectivity index (χ1n) is 19.8. The van der Waals surface area contributed by atoms with Crippen LogP contribution in [0.3, 0.4) is 0 Å². The van der Waals surface area contributed by atoms with E-state index in [1.54, 1.807) is 0 Å². The molecule has 1 aliphatic carbocycles. The summed E-state index contributed by atoms with van der Waals surface area (Å²) in [6.45, 7) is 9.25. The fourth-order valence-corrected chi connectivity index (χ4v) is 5.56. The molecule has 1 aliphatic rings. The van der Waals surface area contributed by atoms with E-state index in [-0.39, 0.29) is 52.0 Å². The van der Waals surface area contributed by atoms with Crippen molar-refractivity contribution in [2.45, 2.75) is 90.0 Å². The minimum Gasteiger partial charge on any atom is -0.420 e. The van der Waals surface area contributed by atoms with Crippen molar-refractivity contribution in [3.63, 3.8) is 0 Å². The second kappa shape index (κ2) is 30.6. The molecule has 2 rings (SSSR count). The van der Waals surface area contributed by atoms with E-state index in [9.17, 15) is 31.5 Å². The Morgan fingerprint density at radius 2 is 1.02 bits per heavy atom. The van der Waals surface area contributed by atoms with Crippen molar-refractivity contribution in [3.8, 4) is 5.75 Å². The Hall–Kier alpha value is -2.51. The van der Waals surface area contributed by atoms with Gasteiger partial charge in [-0.05, 0) is 25.2 Å². The molecule has 0 aliphatic heterocycles. The largest absolute Gasteiger partial charge is 0.420 e. The van der Waals surface area contributed by atoms with Gasteiger partial charge in [0, 0.05) is 19.6 Å². The first-order valence-corrected chi connectivity index (χ1v) is 19.8. The molecule has 1 N–H and O–H groups in total. The van der Waals surface area contributed by atoms with Gasteiger partial charge >= 0.3 is 5.97 Å². The zero-order valence-corrected chi connectivity index (χ0v) is 33.0. The number of esters is 1. The highest BCUT2D eigenvalue weighted by Gasteiger charge is 2.37. The third-order valence-corrected chi connectivity index (χ3v) is 8.73. The van der Waals surface area contributed by atoms with Crippen LogP contribution in [0.1, 0.15) is 84.5 Å². The summed E-state index contributed by atoms with van der Waals surface area (Å²) in [5.41, 5.74) is -0.789. The van der Waals surface area contributed by atoms with Crippen LogP contribution in [0.4, 0.5) is 22.0 Å². The standard InChI is InChI=1S/C39H62F5NO11/c1-3-5-6-7-14-49-18-22-53-24-26-55-29-39(27-30-9-8-10-30,28-54-25-23-52-21-17-48-13-4-2)45-31(46)11-15-50-19-20-51-16-12-32(47)56-38-36(43)34(41)33(40)35(42)37(38)44/h30H,3-29H2,1-2H3,(H,45,46). The Labute approximate surface area is 327 Å². The van der Waals surface area contributed by atoms with Gasteiger partial charge in [-0.1, -0.05) is 52.4 Å². The van der Waals surface area contributed by atoms with Crippen LogP contribution < -0.4 is 10.1 Å². The maximum absolute atomic E-state index is 13.7. The van der Waals surface area contributed by atoms with E-state index in [1.807, 2.05) is 6.92 Å². The third kappa shape index (κ3) is 20.8. The summed E-state index contributed by atoms with van der Waals surface area (Å²) in [4.78, 5) is 25.1. The maximum atomic E-state index is 13.7. The first kappa shape index (κ1) is 49.6. The van der Waals surface area contributed by atoms with Gasteiger partial charge in [0.1, 0.15) is 0 Å². The molecule has 1 amide bonds. The molecule has 56 heavy (non-hydrogen) atoms. The fourth-order valence-electron chi connectivity index (χ4n) is 5.56. The average Bonchev–Trinajstić information content (AvgIpc) is 3.17. The number of ether oxygens (including phenoxy) is 9. The summed E-state index contributed by atoms with van der Waals surface area (Å²) in [6.07, 6.45) is 8.94. The van der Waals surface area contributed by atoms with Crippen LogP contribution in [0.5, 0.6) is 5.75 Å². The van der Waals surface area contributed by atoms with E-state index in [1.165, 1.54) is 12.8 Å². The van der Waals surface area contributed by atoms with Gasteiger partial charge in [0.15, 0.2) is 0 Å². The number of halogens is 5. The van der Waals surface area contributed by atoms with Crippen molar-refractivity contribution in [1.82, 2.24) is 5.32 Å². The van der Waals surface area contributed by atoms with Crippen LogP contribution in [-0.2, 0) is 47.5 Å². The van der Waals surface area contributed by atoms with Crippen LogP contribution in [0, 0.1) is 35.0 Å². The Kier molecular flexibility index (Phi) is 27.1. The summed E-state index contributed by atoms with van der Waals surface area (Å²) in [5, 5.41) is 3.16. The van der Waals surface area contributed by atoms with Crippen molar-refractivity contribution in [3.05, 3.63) is 29.1 Å². The number of benzene rings is 1. The molecule has 1 fully saturated rings. The topological polar surface area (TPSA) is 129 Å². The van der Waals surface area contributed by atoms with E-state index in [0.717, 1.165) is 45.1 Å². The SMILES string of the molecule is CCCCCCOCCOCCOCC(COCCOCCOCCC)(CC1CCC1)NC(=O)CCOCCOCCC(=O)Oc1c(F)c(F)c(F)c(F)c1F. The minimum atomic E-state index is -2.36. The molecule has 0 aromatic heterocycles. The third-order valence-electron chi connectivity index (χ3n) is 8.73. The lowest BCUT2D eigenvalue weighted by Crippen LogP contribution is -2.57. The van der Waals surface area contributed by atoms with Crippen LogP contribution in [-0.4, -0.2) is 123 Å². The van der Waals surface area contributed by atoms with Gasteiger partial charge < -0.3 is 47.9 Å². The molecular weight excluding hydrogens is 753 g/mol. The van der Waals surface area contributed by atoms with E-state index in [4.69, 9.17) is 37.9 Å². The average molecular weight is 816 g/mol. The Morgan fingerprint density at radius 1 is 0.554 bits per heavy atom. The summed E-state index contributed by atoms with van der Waals surface area (Å²) in [5.74, 6) is -14.1. The fraction of sp³-hybridized carbons (Fsp3) is 0.795. The minimum absolute atomic E-state index is 0.00925. The summed E-state index contributed by atoms with van der Waals surface area (Å²) < 4.78 is 117. The van der Waals surface area contributed by atoms with Crippen molar-refractivity contribution >= 4 is 11.9 Å². The molecule has 1 atom stereocenters. The zero-order valence-electron chi connectivity index (χ0n) is 33.0. The van der Waals surface area contributed by atoms with Gasteiger partial charge in [0.05, 0.1) is 104 Å². The van der Waals surface area contributed by atoms with Gasteiger partial charge in [-0.2, -0.15) is 8.78 Å². The van der Waals surface area contributed by atoms with Gasteiger partial charge in [0.2, 0.25) is 40.7 Å². The molecule has 1 saturated carbocycles. The van der Waals surface area contributed by atoms with E-state index in [2.05, 4.69) is 17.0 Å². The predicted molar refractivity (Wildman–Crippen MR) is 195 cm³/mol. The molecule has 1 unspecified atom stereocenters. The molecule has 12 nitrogen and oxygen atoms in total. The lowest BCUT2D eigenvalue weighted by Gasteiger charge is -2.40. The normalized spacial score (nSPS) is 14.1. The number of rotatable bonds is 36. The highest BCUT2D eigenvalue weighted by molar-refractivity contribution is 5.77. The van der Waals surface area contributed by atoms with Crippen molar-refractivity contribution in [2.75, 3.05) is 106 Å². The molecule has 0 heterocycles. The highest BCUT2D eigenvalue weighted by Crippen LogP contribution is 2.34. The Bertz CT molecular complexity index is 1200. The summed E-state index contributed by atoms with van der Waals surface area (Å²) >= 11 is 0. The van der Waals surface area contributed by atoms with E-state index < -0.39 is 52.8 Å². The maximum Gasteiger partial charge on any atom is 0.313 e. The van der Waals surface area contributed by atoms with Crippen molar-refractivity contribution < 1.29 is 74.2 Å². The number of hydrogen-bond donors (Lipinski definition) is 1. The highest BCUT2D eigenvalue weighted by atomic mass is 19.2. The smallest absolute Gasteiger partial charge is 0.313 e. The quantitative estimate of drug-likeness (QED) is 0.0207. The molecule has 324 valence electrons. The van der Waals surface area contributed by atoms with Crippen molar-refractivity contribution in [1.29, 1.82) is 0 Å². The van der Waals surface area contributed by atoms with Gasteiger partial charge in [-0.15, -0.1) is 0 Å². The summed E-state index contributed by atoms with van der Waals surface area (Å²) in [7, 11) is 0. The van der Waals surface area contributed by atoms with Crippen LogP contribution in [0.15, 0.2) is 0 Å². The first-order chi connectivity index (χ1) is 27.1. The molecule has 0 radical (unpaired) electrons. The summed E-state index contributed by atoms with van der Waals surface area (Å²) in [6, 6.07) is 0. The molecule has 0 saturated heterocycles.